The fourth-order valence-electron chi connectivity index (χ4n) is 2.81. The van der Waals surface area contributed by atoms with E-state index in [1.165, 1.54) is 21.1 Å². The third-order valence-corrected chi connectivity index (χ3v) is 4.62. The van der Waals surface area contributed by atoms with Crippen molar-refractivity contribution < 1.29 is 28.2 Å². The van der Waals surface area contributed by atoms with Gasteiger partial charge in [-0.15, -0.1) is 0 Å². The molecule has 0 bridgehead atoms. The molecule has 0 aliphatic heterocycles. The number of hydrogen-bond donors (Lipinski definition) is 1. The van der Waals surface area contributed by atoms with Crippen LogP contribution in [0.15, 0.2) is 40.8 Å². The normalized spacial score (nSPS) is 11.8. The number of ether oxygens (including phenoxy) is 3. The Balaban J connectivity index is 1.71. The van der Waals surface area contributed by atoms with Gasteiger partial charge in [0.15, 0.2) is 17.6 Å². The third kappa shape index (κ3) is 4.30. The highest BCUT2D eigenvalue weighted by Gasteiger charge is 2.24. The quantitative estimate of drug-likeness (QED) is 0.590. The summed E-state index contributed by atoms with van der Waals surface area (Å²) in [5.41, 5.74) is 1.59. The van der Waals surface area contributed by atoms with Gasteiger partial charge in [0.2, 0.25) is 5.76 Å². The third-order valence-electron chi connectivity index (χ3n) is 4.39. The van der Waals surface area contributed by atoms with Crippen LogP contribution in [0.2, 0.25) is 5.02 Å². The smallest absolute Gasteiger partial charge is 0.375 e. The lowest BCUT2D eigenvalue weighted by molar-refractivity contribution is -0.123. The molecule has 8 heteroatoms. The maximum absolute atomic E-state index is 12.5. The first kappa shape index (κ1) is 20.5. The number of rotatable bonds is 6. The van der Waals surface area contributed by atoms with E-state index in [9.17, 15) is 9.59 Å². The largest absolute Gasteiger partial charge is 0.493 e. The zero-order chi connectivity index (χ0) is 21.1. The lowest BCUT2D eigenvalue weighted by atomic mass is 10.1. The molecule has 1 atom stereocenters. The van der Waals surface area contributed by atoms with E-state index in [1.54, 1.807) is 43.3 Å². The van der Waals surface area contributed by atoms with Crippen LogP contribution >= 0.6 is 11.6 Å². The SMILES string of the molecule is COc1ccc(NC(=O)C(C)OC(=O)c2oc3ccc(Cl)cc3c2C)cc1OC. The predicted molar refractivity (Wildman–Crippen MR) is 109 cm³/mol. The molecule has 1 heterocycles. The molecule has 1 unspecified atom stereocenters. The fourth-order valence-corrected chi connectivity index (χ4v) is 2.99. The van der Waals surface area contributed by atoms with E-state index in [0.29, 0.717) is 38.7 Å². The highest BCUT2D eigenvalue weighted by atomic mass is 35.5. The minimum absolute atomic E-state index is 0.0352. The molecule has 1 aromatic heterocycles. The van der Waals surface area contributed by atoms with Gasteiger partial charge in [-0.3, -0.25) is 4.79 Å². The van der Waals surface area contributed by atoms with Crippen LogP contribution in [0.3, 0.4) is 0 Å². The van der Waals surface area contributed by atoms with Gasteiger partial charge in [0, 0.05) is 27.7 Å². The second-order valence-corrected chi connectivity index (χ2v) is 6.74. The average Bonchev–Trinajstić information content (AvgIpc) is 3.03. The summed E-state index contributed by atoms with van der Waals surface area (Å²) in [4.78, 5) is 24.9. The highest BCUT2D eigenvalue weighted by molar-refractivity contribution is 6.31. The van der Waals surface area contributed by atoms with Gasteiger partial charge in [-0.05, 0) is 44.2 Å². The molecule has 0 spiro atoms. The van der Waals surface area contributed by atoms with E-state index in [4.69, 9.17) is 30.2 Å². The number of nitrogens with one attached hydrogen (secondary N) is 1. The van der Waals surface area contributed by atoms with Crippen molar-refractivity contribution in [2.75, 3.05) is 19.5 Å². The second-order valence-electron chi connectivity index (χ2n) is 6.30. The molecule has 0 radical (unpaired) electrons. The topological polar surface area (TPSA) is 87.0 Å². The summed E-state index contributed by atoms with van der Waals surface area (Å²) in [6.07, 6.45) is -1.05. The van der Waals surface area contributed by atoms with Crippen molar-refractivity contribution in [1.82, 2.24) is 0 Å². The Kier molecular flexibility index (Phi) is 5.98. The van der Waals surface area contributed by atoms with E-state index in [2.05, 4.69) is 5.32 Å². The predicted octanol–water partition coefficient (Wildman–Crippen LogP) is 4.60. The number of furan rings is 1. The number of esters is 1. The first-order valence-electron chi connectivity index (χ1n) is 8.76. The van der Waals surface area contributed by atoms with Gasteiger partial charge in [0.05, 0.1) is 14.2 Å². The molecule has 0 aliphatic carbocycles. The van der Waals surface area contributed by atoms with Crippen molar-refractivity contribution in [3.05, 3.63) is 52.7 Å². The van der Waals surface area contributed by atoms with Gasteiger partial charge in [0.25, 0.3) is 5.91 Å². The van der Waals surface area contributed by atoms with E-state index in [0.717, 1.165) is 0 Å². The number of anilines is 1. The number of aryl methyl sites for hydroxylation is 1. The van der Waals surface area contributed by atoms with Gasteiger partial charge in [0.1, 0.15) is 5.58 Å². The number of carbonyl (C=O) groups excluding carboxylic acids is 2. The van der Waals surface area contributed by atoms with Gasteiger partial charge in [-0.1, -0.05) is 11.6 Å². The molecule has 1 N–H and O–H groups in total. The van der Waals surface area contributed by atoms with E-state index >= 15 is 0 Å². The molecule has 152 valence electrons. The summed E-state index contributed by atoms with van der Waals surface area (Å²) in [6, 6.07) is 9.98. The number of benzene rings is 2. The first-order valence-corrected chi connectivity index (χ1v) is 9.14. The Bertz CT molecular complexity index is 1070. The Morgan fingerprint density at radius 3 is 2.48 bits per heavy atom. The van der Waals surface area contributed by atoms with Gasteiger partial charge < -0.3 is 23.9 Å². The van der Waals surface area contributed by atoms with Gasteiger partial charge in [-0.2, -0.15) is 0 Å². The summed E-state index contributed by atoms with van der Waals surface area (Å²) in [6.45, 7) is 3.20. The summed E-state index contributed by atoms with van der Waals surface area (Å²) in [5, 5.41) is 3.92. The molecule has 2 aromatic carbocycles. The lowest BCUT2D eigenvalue weighted by Crippen LogP contribution is -2.30. The van der Waals surface area contributed by atoms with Gasteiger partial charge >= 0.3 is 5.97 Å². The van der Waals surface area contributed by atoms with E-state index < -0.39 is 18.0 Å². The Hall–Kier alpha value is -3.19. The maximum Gasteiger partial charge on any atom is 0.375 e. The van der Waals surface area contributed by atoms with Crippen molar-refractivity contribution in [2.45, 2.75) is 20.0 Å². The minimum atomic E-state index is -1.05. The molecule has 3 aromatic rings. The van der Waals surface area contributed by atoms with Crippen LogP contribution in [-0.4, -0.2) is 32.2 Å². The summed E-state index contributed by atoms with van der Waals surface area (Å²) >= 11 is 6.00. The summed E-state index contributed by atoms with van der Waals surface area (Å²) < 4.78 is 21.2. The van der Waals surface area contributed by atoms with E-state index in [1.807, 2.05) is 0 Å². The summed E-state index contributed by atoms with van der Waals surface area (Å²) in [5.74, 6) is -0.197. The van der Waals surface area contributed by atoms with Crippen LogP contribution in [-0.2, 0) is 9.53 Å². The number of methoxy groups -OCH3 is 2. The van der Waals surface area contributed by atoms with Crippen molar-refractivity contribution in [2.24, 2.45) is 0 Å². The number of hydrogen-bond acceptors (Lipinski definition) is 6. The molecule has 1 amide bonds. The molecule has 0 saturated carbocycles. The Labute approximate surface area is 172 Å². The van der Waals surface area contributed by atoms with Crippen LogP contribution < -0.4 is 14.8 Å². The maximum atomic E-state index is 12.5. The number of carbonyl (C=O) groups is 2. The average molecular weight is 418 g/mol. The zero-order valence-corrected chi connectivity index (χ0v) is 17.1. The van der Waals surface area contributed by atoms with Crippen LogP contribution in [0.4, 0.5) is 5.69 Å². The second kappa shape index (κ2) is 8.45. The van der Waals surface area contributed by atoms with Crippen molar-refractivity contribution in [1.29, 1.82) is 0 Å². The monoisotopic (exact) mass is 417 g/mol. The molecule has 29 heavy (non-hydrogen) atoms. The van der Waals surface area contributed by atoms with Crippen LogP contribution in [0.5, 0.6) is 11.5 Å². The van der Waals surface area contributed by atoms with E-state index in [-0.39, 0.29) is 5.76 Å². The number of halogens is 1. The molecular formula is C21H20ClNO6. The Morgan fingerprint density at radius 2 is 1.79 bits per heavy atom. The zero-order valence-electron chi connectivity index (χ0n) is 16.4. The number of amides is 1. The van der Waals surface area contributed by atoms with Crippen LogP contribution in [0, 0.1) is 6.92 Å². The van der Waals surface area contributed by atoms with Gasteiger partial charge in [-0.25, -0.2) is 4.79 Å². The van der Waals surface area contributed by atoms with Crippen molar-refractivity contribution in [3.8, 4) is 11.5 Å². The molecule has 0 aliphatic rings. The van der Waals surface area contributed by atoms with Crippen molar-refractivity contribution >= 4 is 40.1 Å². The number of fused-ring (bicyclic) bond motifs is 1. The van der Waals surface area contributed by atoms with Crippen LogP contribution in [0.25, 0.3) is 11.0 Å². The highest BCUT2D eigenvalue weighted by Crippen LogP contribution is 2.30. The molecule has 0 fully saturated rings. The van der Waals surface area contributed by atoms with Crippen molar-refractivity contribution in [3.63, 3.8) is 0 Å². The molecule has 3 rings (SSSR count). The minimum Gasteiger partial charge on any atom is -0.493 e. The Morgan fingerprint density at radius 1 is 1.07 bits per heavy atom. The summed E-state index contributed by atoms with van der Waals surface area (Å²) in [7, 11) is 3.02. The fraction of sp³-hybridized carbons (Fsp3) is 0.238. The molecule has 7 nitrogen and oxygen atoms in total. The van der Waals surface area contributed by atoms with Crippen LogP contribution in [0.1, 0.15) is 23.0 Å². The first-order chi connectivity index (χ1) is 13.8. The molecule has 0 saturated heterocycles. The lowest BCUT2D eigenvalue weighted by Gasteiger charge is -2.14. The molecular weight excluding hydrogens is 398 g/mol. The standard InChI is InChI=1S/C21H20ClNO6/c1-11-15-9-13(22)5-7-16(15)29-19(11)21(25)28-12(2)20(24)23-14-6-8-17(26-3)18(10-14)27-4/h5-10,12H,1-4H3,(H,23,24).